The number of hydrogen-bond donors (Lipinski definition) is 1. The molecule has 1 aliphatic rings. The van der Waals surface area contributed by atoms with Crippen LogP contribution in [0, 0.1) is 11.3 Å². The number of nitrogens with one attached hydrogen (secondary N) is 1. The van der Waals surface area contributed by atoms with E-state index in [4.69, 9.17) is 0 Å². The zero-order valence-electron chi connectivity index (χ0n) is 11.7. The van der Waals surface area contributed by atoms with E-state index in [0.717, 1.165) is 12.5 Å². The summed E-state index contributed by atoms with van der Waals surface area (Å²) in [6.07, 6.45) is 5.40. The third kappa shape index (κ3) is 4.06. The molecule has 16 heavy (non-hydrogen) atoms. The normalized spacial score (nSPS) is 25.9. The van der Waals surface area contributed by atoms with Crippen molar-refractivity contribution in [3.63, 3.8) is 0 Å². The lowest BCUT2D eigenvalue weighted by atomic mass is 9.85. The number of hydrogen-bond acceptors (Lipinski definition) is 2. The molecule has 0 radical (unpaired) electrons. The van der Waals surface area contributed by atoms with Crippen LogP contribution in [0.15, 0.2) is 0 Å². The lowest BCUT2D eigenvalue weighted by molar-refractivity contribution is 0.171. The highest BCUT2D eigenvalue weighted by atomic mass is 15.2. The van der Waals surface area contributed by atoms with E-state index < -0.39 is 0 Å². The van der Waals surface area contributed by atoms with Crippen LogP contribution in [0.5, 0.6) is 0 Å². The molecule has 2 nitrogen and oxygen atoms in total. The summed E-state index contributed by atoms with van der Waals surface area (Å²) < 4.78 is 0. The Hall–Kier alpha value is -0.0800. The monoisotopic (exact) mass is 226 g/mol. The Bertz CT molecular complexity index is 185. The first-order chi connectivity index (χ1) is 7.63. The molecule has 0 aromatic heterocycles. The first-order valence-corrected chi connectivity index (χ1v) is 7.00. The number of rotatable bonds is 7. The summed E-state index contributed by atoms with van der Waals surface area (Å²) >= 11 is 0. The Labute approximate surface area is 102 Å². The van der Waals surface area contributed by atoms with Gasteiger partial charge in [0.2, 0.25) is 0 Å². The maximum atomic E-state index is 3.37. The van der Waals surface area contributed by atoms with Crippen molar-refractivity contribution >= 4 is 0 Å². The van der Waals surface area contributed by atoms with Crippen LogP contribution in [0.2, 0.25) is 0 Å². The van der Waals surface area contributed by atoms with Gasteiger partial charge in [0.25, 0.3) is 0 Å². The van der Waals surface area contributed by atoms with Gasteiger partial charge in [-0.3, -0.25) is 0 Å². The molecule has 1 N–H and O–H groups in total. The second-order valence-electron chi connectivity index (χ2n) is 5.89. The molecule has 2 heteroatoms. The van der Waals surface area contributed by atoms with Gasteiger partial charge < -0.3 is 10.2 Å². The minimum atomic E-state index is 0.464. The van der Waals surface area contributed by atoms with Gasteiger partial charge in [0, 0.05) is 19.6 Å². The molecule has 0 aromatic carbocycles. The fourth-order valence-corrected chi connectivity index (χ4v) is 3.18. The Kier molecular flexibility index (Phi) is 5.77. The summed E-state index contributed by atoms with van der Waals surface area (Å²) in [4.78, 5) is 2.68. The lowest BCUT2D eigenvalue weighted by Gasteiger charge is -2.33. The molecule has 1 fully saturated rings. The zero-order chi connectivity index (χ0) is 12.0. The molecule has 96 valence electrons. The van der Waals surface area contributed by atoms with Gasteiger partial charge in [-0.2, -0.15) is 0 Å². The minimum absolute atomic E-state index is 0.464. The predicted molar refractivity (Wildman–Crippen MR) is 71.8 cm³/mol. The molecule has 1 rings (SSSR count). The Morgan fingerprint density at radius 3 is 2.62 bits per heavy atom. The van der Waals surface area contributed by atoms with E-state index in [0.29, 0.717) is 5.41 Å². The molecule has 2 unspecified atom stereocenters. The topological polar surface area (TPSA) is 15.3 Å². The summed E-state index contributed by atoms with van der Waals surface area (Å²) in [5, 5.41) is 3.37. The van der Waals surface area contributed by atoms with Crippen LogP contribution in [-0.4, -0.2) is 38.1 Å². The van der Waals surface area contributed by atoms with Crippen molar-refractivity contribution in [1.82, 2.24) is 10.2 Å². The fraction of sp³-hybridized carbons (Fsp3) is 1.00. The zero-order valence-corrected chi connectivity index (χ0v) is 11.7. The highest BCUT2D eigenvalue weighted by Gasteiger charge is 2.29. The largest absolute Gasteiger partial charge is 0.319 e. The highest BCUT2D eigenvalue weighted by Crippen LogP contribution is 2.27. The van der Waals surface area contributed by atoms with Crippen LogP contribution in [0.1, 0.15) is 46.5 Å². The summed E-state index contributed by atoms with van der Waals surface area (Å²) in [5.74, 6) is 0.959. The molecule has 0 spiro atoms. The molecule has 0 saturated carbocycles. The second-order valence-corrected chi connectivity index (χ2v) is 5.89. The van der Waals surface area contributed by atoms with Crippen LogP contribution in [0.25, 0.3) is 0 Å². The van der Waals surface area contributed by atoms with Crippen molar-refractivity contribution in [1.29, 1.82) is 0 Å². The Morgan fingerprint density at radius 2 is 2.12 bits per heavy atom. The van der Waals surface area contributed by atoms with Crippen molar-refractivity contribution in [3.05, 3.63) is 0 Å². The predicted octanol–water partition coefficient (Wildman–Crippen LogP) is 2.74. The molecule has 0 aliphatic carbocycles. The van der Waals surface area contributed by atoms with Crippen LogP contribution in [0.3, 0.4) is 0 Å². The van der Waals surface area contributed by atoms with E-state index in [1.54, 1.807) is 0 Å². The van der Waals surface area contributed by atoms with Gasteiger partial charge in [-0.1, -0.05) is 33.6 Å². The van der Waals surface area contributed by atoms with Crippen LogP contribution >= 0.6 is 0 Å². The summed E-state index contributed by atoms with van der Waals surface area (Å²) in [6, 6.07) is 0. The van der Waals surface area contributed by atoms with Gasteiger partial charge in [0.05, 0.1) is 0 Å². The second kappa shape index (κ2) is 6.61. The van der Waals surface area contributed by atoms with Crippen LogP contribution in [-0.2, 0) is 0 Å². The van der Waals surface area contributed by atoms with Crippen molar-refractivity contribution in [2.75, 3.05) is 33.2 Å². The van der Waals surface area contributed by atoms with Gasteiger partial charge in [-0.15, -0.1) is 0 Å². The summed E-state index contributed by atoms with van der Waals surface area (Å²) in [5.41, 5.74) is 0.464. The smallest absolute Gasteiger partial charge is 0.00476 e. The van der Waals surface area contributed by atoms with Crippen LogP contribution < -0.4 is 5.32 Å². The van der Waals surface area contributed by atoms with E-state index in [2.05, 4.69) is 38.0 Å². The molecule has 1 aliphatic heterocycles. The summed E-state index contributed by atoms with van der Waals surface area (Å²) in [6.45, 7) is 12.1. The van der Waals surface area contributed by atoms with Gasteiger partial charge in [0.15, 0.2) is 0 Å². The fourth-order valence-electron chi connectivity index (χ4n) is 3.18. The van der Waals surface area contributed by atoms with Gasteiger partial charge in [0.1, 0.15) is 0 Å². The molecule has 1 saturated heterocycles. The van der Waals surface area contributed by atoms with Crippen LogP contribution in [0.4, 0.5) is 0 Å². The number of nitrogens with zero attached hydrogens (tertiary/aromatic N) is 1. The van der Waals surface area contributed by atoms with Gasteiger partial charge in [-0.25, -0.2) is 0 Å². The molecule has 1 heterocycles. The first-order valence-electron chi connectivity index (χ1n) is 7.00. The Morgan fingerprint density at radius 1 is 1.38 bits per heavy atom. The molecule has 0 bridgehead atoms. The maximum absolute atomic E-state index is 3.37. The minimum Gasteiger partial charge on any atom is -0.319 e. The number of likely N-dealkylation sites (tertiary alicyclic amines) is 1. The quantitative estimate of drug-likeness (QED) is 0.718. The van der Waals surface area contributed by atoms with E-state index >= 15 is 0 Å². The van der Waals surface area contributed by atoms with E-state index in [-0.39, 0.29) is 0 Å². The van der Waals surface area contributed by atoms with Gasteiger partial charge >= 0.3 is 0 Å². The van der Waals surface area contributed by atoms with E-state index in [1.165, 1.54) is 45.3 Å². The van der Waals surface area contributed by atoms with E-state index in [1.807, 2.05) is 0 Å². The maximum Gasteiger partial charge on any atom is 0.00476 e. The molecule has 0 aromatic rings. The van der Waals surface area contributed by atoms with Crippen molar-refractivity contribution in [2.24, 2.45) is 11.3 Å². The van der Waals surface area contributed by atoms with Crippen molar-refractivity contribution in [3.8, 4) is 0 Å². The first kappa shape index (κ1) is 14.0. The highest BCUT2D eigenvalue weighted by molar-refractivity contribution is 4.84. The standard InChI is InChI=1S/C14H30N2/c1-5-8-14(3,11-15-4)12-16-9-7-13(6-2)10-16/h13,15H,5-12H2,1-4H3. The molecule has 2 atom stereocenters. The molecular formula is C14H30N2. The third-order valence-corrected chi connectivity index (χ3v) is 4.01. The van der Waals surface area contributed by atoms with Crippen molar-refractivity contribution in [2.45, 2.75) is 46.5 Å². The average Bonchev–Trinajstić information content (AvgIpc) is 2.65. The van der Waals surface area contributed by atoms with Gasteiger partial charge in [-0.05, 0) is 37.8 Å². The SMILES string of the molecule is CCCC(C)(CNC)CN1CCC(CC)C1. The van der Waals surface area contributed by atoms with Crippen molar-refractivity contribution < 1.29 is 0 Å². The average molecular weight is 226 g/mol. The molecule has 0 amide bonds. The lowest BCUT2D eigenvalue weighted by Crippen LogP contribution is -2.40. The Balaban J connectivity index is 2.42. The van der Waals surface area contributed by atoms with E-state index in [9.17, 15) is 0 Å². The summed E-state index contributed by atoms with van der Waals surface area (Å²) in [7, 11) is 2.08. The third-order valence-electron chi connectivity index (χ3n) is 4.01. The molecular weight excluding hydrogens is 196 g/mol.